The van der Waals surface area contributed by atoms with Gasteiger partial charge in [0, 0.05) is 87.3 Å². The number of aromatic nitrogens is 8. The maximum Gasteiger partial charge on any atom is 0.272 e. The normalized spacial score (nSPS) is 18.0. The van der Waals surface area contributed by atoms with Crippen LogP contribution in [0.2, 0.25) is 0 Å². The molecule has 2 aliphatic heterocycles. The first-order valence-electron chi connectivity index (χ1n) is 26.7. The van der Waals surface area contributed by atoms with Gasteiger partial charge in [-0.05, 0) is 137 Å². The average molecular weight is 1070 g/mol. The summed E-state index contributed by atoms with van der Waals surface area (Å²) in [5.41, 5.74) is 1.43. The molecular weight excluding hydrogens is 1000 g/mol. The summed E-state index contributed by atoms with van der Waals surface area (Å²) in [7, 11) is 4.01. The number of ether oxygens (including phenoxy) is 1. The zero-order valence-corrected chi connectivity index (χ0v) is 44.3. The molecule has 20 heteroatoms. The fraction of sp³-hybridized carbons (Fsp3) is 0.379. The summed E-state index contributed by atoms with van der Waals surface area (Å²) < 4.78 is 55.5. The lowest BCUT2D eigenvalue weighted by Gasteiger charge is -2.40. The fourth-order valence-electron chi connectivity index (χ4n) is 10.6. The van der Waals surface area contributed by atoms with Crippen LogP contribution < -0.4 is 48.4 Å². The molecule has 17 nitrogen and oxygen atoms in total. The van der Waals surface area contributed by atoms with Crippen molar-refractivity contribution >= 4 is 24.3 Å². The molecule has 3 fully saturated rings. The number of halogens is 3. The lowest BCUT2D eigenvalue weighted by Crippen LogP contribution is -2.47. The van der Waals surface area contributed by atoms with Crippen LogP contribution in [-0.2, 0) is 13.1 Å². The van der Waals surface area contributed by atoms with Crippen LogP contribution in [0.4, 0.5) is 13.2 Å². The van der Waals surface area contributed by atoms with E-state index in [1.54, 1.807) is 55.1 Å². The Labute approximate surface area is 447 Å². The number of H-pyrrole nitrogens is 4. The van der Waals surface area contributed by atoms with Gasteiger partial charge in [-0.1, -0.05) is 26.0 Å². The Hall–Kier alpha value is -7.65. The first-order chi connectivity index (χ1) is 37.6. The van der Waals surface area contributed by atoms with Gasteiger partial charge in [-0.2, -0.15) is 0 Å². The molecule has 0 radical (unpaired) electrons. The summed E-state index contributed by atoms with van der Waals surface area (Å²) in [6.45, 7) is 13.0. The van der Waals surface area contributed by atoms with Gasteiger partial charge in [0.15, 0.2) is 0 Å². The number of nitrogens with one attached hydrogen (secondary N) is 4. The van der Waals surface area contributed by atoms with Crippen molar-refractivity contribution in [2.24, 2.45) is 0 Å². The Kier molecular flexibility index (Phi) is 16.2. The van der Waals surface area contributed by atoms with Crippen molar-refractivity contribution in [2.45, 2.75) is 70.5 Å². The maximum atomic E-state index is 16.6. The molecule has 4 N–H and O–H groups in total. The summed E-state index contributed by atoms with van der Waals surface area (Å²) in [6, 6.07) is 14.3. The van der Waals surface area contributed by atoms with Gasteiger partial charge in [-0.15, -0.1) is 0 Å². The second kappa shape index (κ2) is 23.5. The van der Waals surface area contributed by atoms with E-state index in [-0.39, 0.29) is 50.2 Å². The topological polar surface area (TPSA) is 189 Å². The third kappa shape index (κ3) is 12.7. The predicted molar refractivity (Wildman–Crippen MR) is 293 cm³/mol. The Morgan fingerprint density at radius 1 is 0.628 bits per heavy atom. The van der Waals surface area contributed by atoms with Crippen LogP contribution >= 0.6 is 0 Å². The van der Waals surface area contributed by atoms with E-state index in [1.165, 1.54) is 36.4 Å². The SMILES string of the molecule is CC(C)c1c(/C=c2\[nH]c(=O)/c(=C/c3cc(F)cc(C4CN(CCCn5cnc(/C=c6\[nH]c(=O)/c(=C/c7cccc(Oc8ccc(F)cc8)c7)[nH]c6=O)c5C5CC5)CCN4C)c3F)[nH]c2=O)ncn1CCCN1CCN(C)CC1. The van der Waals surface area contributed by atoms with E-state index in [2.05, 4.69) is 74.6 Å². The van der Waals surface area contributed by atoms with Crippen molar-refractivity contribution in [3.8, 4) is 11.5 Å². The van der Waals surface area contributed by atoms with E-state index in [0.29, 0.717) is 61.2 Å². The molecule has 0 bridgehead atoms. The number of rotatable bonds is 17. The van der Waals surface area contributed by atoms with Gasteiger partial charge in [0.25, 0.3) is 22.2 Å². The number of imidazole rings is 2. The van der Waals surface area contributed by atoms with E-state index in [4.69, 9.17) is 4.74 Å². The van der Waals surface area contributed by atoms with Gasteiger partial charge in [0.05, 0.1) is 30.1 Å². The Morgan fingerprint density at radius 3 is 1.88 bits per heavy atom. The van der Waals surface area contributed by atoms with E-state index in [1.807, 2.05) is 11.9 Å². The van der Waals surface area contributed by atoms with Crippen LogP contribution in [-0.4, -0.2) is 132 Å². The standard InChI is InChI=1S/C58H65F3N12O5/c1-36(2)53-45(62-34-72(53)18-6-16-70-23-20-68(3)21-24-70)31-49-58(77)65-48(56(75)67-49)29-39-28-41(60)30-44(52(39)61)51-33-71(25-22-69(51)4)17-7-19-73-35-63-46(54(73)38-10-11-38)32-50-57(76)64-47(55(74)66-50)27-37-8-5-9-43(26-37)78-42-14-12-40(59)13-15-42/h5,8-9,12-15,26-32,34-36,38,51H,6-7,10-11,16-25,33H2,1-4H3,(H,64,76)(H,65,77)(H,66,74)(H,67,75)/b47-27-,48-29-,49-31-,50-32-. The summed E-state index contributed by atoms with van der Waals surface area (Å²) in [5.74, 6) is -0.487. The minimum atomic E-state index is -0.685. The molecule has 0 amide bonds. The third-order valence-electron chi connectivity index (χ3n) is 14.9. The van der Waals surface area contributed by atoms with Gasteiger partial charge >= 0.3 is 0 Å². The smallest absolute Gasteiger partial charge is 0.272 e. The molecule has 0 spiro atoms. The van der Waals surface area contributed by atoms with Crippen molar-refractivity contribution in [1.29, 1.82) is 0 Å². The zero-order chi connectivity index (χ0) is 54.6. The van der Waals surface area contributed by atoms with Crippen LogP contribution in [0.1, 0.15) is 96.9 Å². The Morgan fingerprint density at radius 2 is 1.22 bits per heavy atom. The first-order valence-corrected chi connectivity index (χ1v) is 26.7. The number of hydrogen-bond donors (Lipinski definition) is 4. The Balaban J connectivity index is 0.806. The summed E-state index contributed by atoms with van der Waals surface area (Å²) in [5, 5.41) is -0.0777. The van der Waals surface area contributed by atoms with Gasteiger partial charge in [0.1, 0.15) is 50.3 Å². The lowest BCUT2D eigenvalue weighted by atomic mass is 9.98. The molecule has 1 saturated carbocycles. The largest absolute Gasteiger partial charge is 0.457 e. The molecule has 1 atom stereocenters. The quantitative estimate of drug-likeness (QED) is 0.105. The third-order valence-corrected chi connectivity index (χ3v) is 14.9. The highest BCUT2D eigenvalue weighted by molar-refractivity contribution is 5.54. The number of piperazine rings is 2. The van der Waals surface area contributed by atoms with Crippen LogP contribution in [0.15, 0.2) is 92.5 Å². The minimum Gasteiger partial charge on any atom is -0.457 e. The molecule has 1 aliphatic carbocycles. The number of nitrogens with zero attached hydrogens (tertiary/aromatic N) is 8. The van der Waals surface area contributed by atoms with Gasteiger partial charge in [0.2, 0.25) is 0 Å². The fourth-order valence-corrected chi connectivity index (χ4v) is 10.6. The number of hydrogen-bond acceptors (Lipinski definition) is 11. The van der Waals surface area contributed by atoms with Gasteiger partial charge in [-0.25, -0.2) is 23.1 Å². The molecule has 3 aromatic carbocycles. The second-order valence-electron chi connectivity index (χ2n) is 21.1. The highest BCUT2D eigenvalue weighted by Crippen LogP contribution is 2.42. The van der Waals surface area contributed by atoms with Crippen LogP contribution in [0.5, 0.6) is 11.5 Å². The van der Waals surface area contributed by atoms with Crippen molar-refractivity contribution in [3.05, 3.63) is 193 Å². The zero-order valence-electron chi connectivity index (χ0n) is 44.3. The van der Waals surface area contributed by atoms with Crippen molar-refractivity contribution in [3.63, 3.8) is 0 Å². The molecule has 6 heterocycles. The molecule has 408 valence electrons. The monoisotopic (exact) mass is 1070 g/mol. The number of aryl methyl sites for hydroxylation is 2. The maximum absolute atomic E-state index is 16.6. The van der Waals surface area contributed by atoms with Gasteiger partial charge < -0.3 is 48.5 Å². The summed E-state index contributed by atoms with van der Waals surface area (Å²) >= 11 is 0. The molecule has 10 rings (SSSR count). The summed E-state index contributed by atoms with van der Waals surface area (Å²) in [6.07, 6.45) is 13.0. The van der Waals surface area contributed by atoms with Crippen LogP contribution in [0, 0.1) is 17.5 Å². The van der Waals surface area contributed by atoms with E-state index < -0.39 is 39.9 Å². The average Bonchev–Trinajstić information content (AvgIpc) is 4.14. The molecule has 3 aliphatic rings. The van der Waals surface area contributed by atoms with E-state index in [9.17, 15) is 23.6 Å². The Bertz CT molecular complexity index is 3810. The lowest BCUT2D eigenvalue weighted by molar-refractivity contribution is 0.0915. The molecular formula is C58H65F3N12O5. The molecule has 7 aromatic rings. The first kappa shape index (κ1) is 53.7. The van der Waals surface area contributed by atoms with Crippen molar-refractivity contribution in [2.75, 3.05) is 73.0 Å². The molecule has 1 unspecified atom stereocenters. The second-order valence-corrected chi connectivity index (χ2v) is 21.1. The predicted octanol–water partition coefficient (Wildman–Crippen LogP) is 3.37. The molecule has 4 aromatic heterocycles. The number of likely N-dealkylation sites (N-methyl/N-ethyl adjacent to an activating group) is 2. The van der Waals surface area contributed by atoms with Crippen molar-refractivity contribution in [1.82, 2.24) is 58.6 Å². The minimum absolute atomic E-state index is 0.00448. The number of aromatic amines is 4. The molecule has 2 saturated heterocycles. The van der Waals surface area contributed by atoms with Crippen LogP contribution in [0.25, 0.3) is 24.3 Å². The van der Waals surface area contributed by atoms with E-state index >= 15 is 8.78 Å². The van der Waals surface area contributed by atoms with Gasteiger partial charge in [-0.3, -0.25) is 24.1 Å². The molecule has 78 heavy (non-hydrogen) atoms. The van der Waals surface area contributed by atoms with Crippen molar-refractivity contribution < 1.29 is 17.9 Å². The van der Waals surface area contributed by atoms with Crippen LogP contribution in [0.3, 0.4) is 0 Å². The highest BCUT2D eigenvalue weighted by atomic mass is 19.1. The number of benzene rings is 3. The summed E-state index contributed by atoms with van der Waals surface area (Å²) in [4.78, 5) is 82.7. The van der Waals surface area contributed by atoms with E-state index in [0.717, 1.165) is 82.4 Å². The highest BCUT2D eigenvalue weighted by Gasteiger charge is 2.31.